The molecule has 2 rings (SSSR count). The maximum Gasteiger partial charge on any atom is 0.262 e. The summed E-state index contributed by atoms with van der Waals surface area (Å²) in [5.74, 6) is 0.775. The number of nitrogens with zero attached hydrogens (tertiary/aromatic N) is 1. The molecule has 116 valence electrons. The number of hydrogen-bond donors (Lipinski definition) is 2. The van der Waals surface area contributed by atoms with Gasteiger partial charge in [-0.25, -0.2) is 0 Å². The van der Waals surface area contributed by atoms with E-state index in [-0.39, 0.29) is 22.9 Å². The molecule has 5 heteroatoms. The highest BCUT2D eigenvalue weighted by atomic mass is 16.5. The van der Waals surface area contributed by atoms with Gasteiger partial charge < -0.3 is 15.0 Å². The van der Waals surface area contributed by atoms with Gasteiger partial charge in [0.1, 0.15) is 11.6 Å². The quantitative estimate of drug-likeness (QED) is 0.657. The number of pyridine rings is 1. The average Bonchev–Trinajstić information content (AvgIpc) is 2.48. The number of rotatable bonds is 5. The second-order valence-electron chi connectivity index (χ2n) is 5.56. The molecule has 0 radical (unpaired) electrons. The monoisotopic (exact) mass is 299 g/mol. The summed E-state index contributed by atoms with van der Waals surface area (Å²) in [4.78, 5) is 12.6. The summed E-state index contributed by atoms with van der Waals surface area (Å²) in [7, 11) is 1.60. The van der Waals surface area contributed by atoms with E-state index in [0.29, 0.717) is 12.3 Å². The second kappa shape index (κ2) is 6.47. The van der Waals surface area contributed by atoms with Crippen molar-refractivity contribution in [3.8, 4) is 17.0 Å². The number of nitrogens with two attached hydrogens (primary N) is 1. The first-order valence-electron chi connectivity index (χ1n) is 7.17. The molecule has 1 heterocycles. The summed E-state index contributed by atoms with van der Waals surface area (Å²) in [6.07, 6.45) is 0. The fourth-order valence-corrected chi connectivity index (χ4v) is 2.42. The van der Waals surface area contributed by atoms with E-state index in [1.54, 1.807) is 17.7 Å². The SMILES string of the molecule is COc1ccccc1-c1ccc(C(=N)N)c(=O)n1CC(C)C. The smallest absolute Gasteiger partial charge is 0.262 e. The number of benzene rings is 1. The summed E-state index contributed by atoms with van der Waals surface area (Å²) in [6, 6.07) is 11.0. The summed E-state index contributed by atoms with van der Waals surface area (Å²) in [6.45, 7) is 4.63. The summed E-state index contributed by atoms with van der Waals surface area (Å²) < 4.78 is 7.06. The predicted molar refractivity (Wildman–Crippen MR) is 88.5 cm³/mol. The Labute approximate surface area is 129 Å². The topological polar surface area (TPSA) is 81.1 Å². The standard InChI is InChI=1S/C17H21N3O2/c1-11(2)10-20-14(9-8-13(16(18)19)17(20)21)12-6-4-5-7-15(12)22-3/h4-9,11H,10H2,1-3H3,(H3,18,19). The van der Waals surface area contributed by atoms with Crippen LogP contribution in [0.3, 0.4) is 0 Å². The largest absolute Gasteiger partial charge is 0.496 e. The van der Waals surface area contributed by atoms with Crippen LogP contribution in [0.15, 0.2) is 41.2 Å². The van der Waals surface area contributed by atoms with Crippen LogP contribution in [0.5, 0.6) is 5.75 Å². The lowest BCUT2D eigenvalue weighted by Gasteiger charge is -2.18. The third-order valence-electron chi connectivity index (χ3n) is 3.40. The average molecular weight is 299 g/mol. The zero-order valence-electron chi connectivity index (χ0n) is 13.1. The maximum atomic E-state index is 12.6. The molecule has 0 bridgehead atoms. The summed E-state index contributed by atoms with van der Waals surface area (Å²) in [5, 5.41) is 7.55. The van der Waals surface area contributed by atoms with E-state index in [2.05, 4.69) is 0 Å². The highest BCUT2D eigenvalue weighted by Crippen LogP contribution is 2.29. The molecule has 0 saturated heterocycles. The number of amidine groups is 1. The van der Waals surface area contributed by atoms with Crippen LogP contribution >= 0.6 is 0 Å². The van der Waals surface area contributed by atoms with Crippen LogP contribution in [0.4, 0.5) is 0 Å². The highest BCUT2D eigenvalue weighted by Gasteiger charge is 2.15. The Kier molecular flexibility index (Phi) is 4.65. The molecule has 0 aliphatic heterocycles. The van der Waals surface area contributed by atoms with E-state index in [0.717, 1.165) is 11.3 Å². The Bertz CT molecular complexity index is 748. The Morgan fingerprint density at radius 2 is 1.95 bits per heavy atom. The number of nitrogens with one attached hydrogen (secondary N) is 1. The third-order valence-corrected chi connectivity index (χ3v) is 3.40. The van der Waals surface area contributed by atoms with Crippen molar-refractivity contribution in [3.05, 3.63) is 52.3 Å². The number of nitrogen functional groups attached to an aromatic ring is 1. The lowest BCUT2D eigenvalue weighted by Crippen LogP contribution is -2.31. The van der Waals surface area contributed by atoms with E-state index in [1.807, 2.05) is 44.2 Å². The normalized spacial score (nSPS) is 10.7. The molecule has 0 aliphatic rings. The van der Waals surface area contributed by atoms with Crippen molar-refractivity contribution in [3.63, 3.8) is 0 Å². The molecule has 0 spiro atoms. The minimum atomic E-state index is -0.246. The molecule has 2 aromatic rings. The molecule has 0 amide bonds. The van der Waals surface area contributed by atoms with Crippen molar-refractivity contribution in [2.24, 2.45) is 11.7 Å². The highest BCUT2D eigenvalue weighted by molar-refractivity contribution is 5.94. The fourth-order valence-electron chi connectivity index (χ4n) is 2.42. The first-order valence-corrected chi connectivity index (χ1v) is 7.17. The molecule has 0 atom stereocenters. The Balaban J connectivity index is 2.73. The van der Waals surface area contributed by atoms with Crippen LogP contribution in [-0.4, -0.2) is 17.5 Å². The molecule has 1 aromatic heterocycles. The molecule has 5 nitrogen and oxygen atoms in total. The van der Waals surface area contributed by atoms with Gasteiger partial charge in [-0.1, -0.05) is 26.0 Å². The first-order chi connectivity index (χ1) is 10.5. The van der Waals surface area contributed by atoms with E-state index >= 15 is 0 Å². The number of ether oxygens (including phenoxy) is 1. The van der Waals surface area contributed by atoms with Gasteiger partial charge in [0.2, 0.25) is 0 Å². The molecule has 0 aliphatic carbocycles. The van der Waals surface area contributed by atoms with Gasteiger partial charge in [-0.15, -0.1) is 0 Å². The molecule has 0 fully saturated rings. The van der Waals surface area contributed by atoms with Crippen molar-refractivity contribution < 1.29 is 4.74 Å². The summed E-state index contributed by atoms with van der Waals surface area (Å²) >= 11 is 0. The van der Waals surface area contributed by atoms with E-state index in [9.17, 15) is 4.79 Å². The van der Waals surface area contributed by atoms with Gasteiger partial charge in [-0.05, 0) is 30.2 Å². The Hall–Kier alpha value is -2.56. The van der Waals surface area contributed by atoms with Crippen molar-refractivity contribution in [1.82, 2.24) is 4.57 Å². The van der Waals surface area contributed by atoms with Gasteiger partial charge in [0, 0.05) is 12.1 Å². The first kappa shape index (κ1) is 15.8. The zero-order chi connectivity index (χ0) is 16.3. The van der Waals surface area contributed by atoms with Crippen LogP contribution in [0.2, 0.25) is 0 Å². The molecule has 22 heavy (non-hydrogen) atoms. The van der Waals surface area contributed by atoms with E-state index in [4.69, 9.17) is 15.9 Å². The third kappa shape index (κ3) is 3.03. The van der Waals surface area contributed by atoms with Gasteiger partial charge in [0.05, 0.1) is 18.4 Å². The Morgan fingerprint density at radius 3 is 2.55 bits per heavy atom. The predicted octanol–water partition coefficient (Wildman–Crippen LogP) is 2.46. The van der Waals surface area contributed by atoms with Crippen LogP contribution in [0.25, 0.3) is 11.3 Å². The van der Waals surface area contributed by atoms with Crippen molar-refractivity contribution in [2.45, 2.75) is 20.4 Å². The number of methoxy groups -OCH3 is 1. The number of aromatic nitrogens is 1. The van der Waals surface area contributed by atoms with Crippen LogP contribution < -0.4 is 16.0 Å². The molecule has 0 saturated carbocycles. The van der Waals surface area contributed by atoms with E-state index in [1.165, 1.54) is 0 Å². The number of hydrogen-bond acceptors (Lipinski definition) is 3. The minimum Gasteiger partial charge on any atom is -0.496 e. The maximum absolute atomic E-state index is 12.6. The molecule has 1 aromatic carbocycles. The molecule has 0 unspecified atom stereocenters. The van der Waals surface area contributed by atoms with Gasteiger partial charge in [0.25, 0.3) is 5.56 Å². The van der Waals surface area contributed by atoms with Crippen LogP contribution in [0, 0.1) is 11.3 Å². The van der Waals surface area contributed by atoms with Crippen molar-refractivity contribution in [1.29, 1.82) is 5.41 Å². The molecular formula is C17H21N3O2. The molecule has 3 N–H and O–H groups in total. The van der Waals surface area contributed by atoms with E-state index < -0.39 is 0 Å². The lowest BCUT2D eigenvalue weighted by molar-refractivity contribution is 0.415. The van der Waals surface area contributed by atoms with Crippen LogP contribution in [-0.2, 0) is 6.54 Å². The zero-order valence-corrected chi connectivity index (χ0v) is 13.1. The second-order valence-corrected chi connectivity index (χ2v) is 5.56. The van der Waals surface area contributed by atoms with Gasteiger partial charge in [-0.2, -0.15) is 0 Å². The molecular weight excluding hydrogens is 278 g/mol. The Morgan fingerprint density at radius 1 is 1.27 bits per heavy atom. The van der Waals surface area contributed by atoms with Crippen LogP contribution in [0.1, 0.15) is 19.4 Å². The number of para-hydroxylation sites is 1. The van der Waals surface area contributed by atoms with Crippen molar-refractivity contribution >= 4 is 5.84 Å². The lowest BCUT2D eigenvalue weighted by atomic mass is 10.1. The van der Waals surface area contributed by atoms with Gasteiger partial charge in [-0.3, -0.25) is 10.2 Å². The van der Waals surface area contributed by atoms with Gasteiger partial charge >= 0.3 is 0 Å². The fraction of sp³-hybridized carbons (Fsp3) is 0.294. The van der Waals surface area contributed by atoms with Gasteiger partial charge in [0.15, 0.2) is 0 Å². The van der Waals surface area contributed by atoms with Crippen molar-refractivity contribution in [2.75, 3.05) is 7.11 Å². The summed E-state index contributed by atoms with van der Waals surface area (Å²) in [5.41, 5.74) is 7.09. The minimum absolute atomic E-state index is 0.214.